The summed E-state index contributed by atoms with van der Waals surface area (Å²) in [5, 5.41) is 7.42. The fourth-order valence-corrected chi connectivity index (χ4v) is 0. The van der Waals surface area contributed by atoms with Crippen molar-refractivity contribution in [3.8, 4) is 0 Å². The minimum atomic E-state index is -0.833. The molecular weight excluding hydrogens is 118 g/mol. The van der Waals surface area contributed by atoms with Crippen molar-refractivity contribution in [3.63, 3.8) is 0 Å². The van der Waals surface area contributed by atoms with Crippen molar-refractivity contribution < 1.29 is 15.4 Å². The number of carbonyl (C=O) groups is 1. The van der Waals surface area contributed by atoms with Crippen molar-refractivity contribution in [1.29, 1.82) is 0 Å². The Bertz CT molecular complexity index is 33.9. The van der Waals surface area contributed by atoms with Gasteiger partial charge in [0.2, 0.25) is 0 Å². The van der Waals surface area contributed by atoms with Gasteiger partial charge < -0.3 is 10.6 Å². The molecule has 0 atom stereocenters. The van der Waals surface area contributed by atoms with E-state index < -0.39 is 5.97 Å². The summed E-state index contributed by atoms with van der Waals surface area (Å²) < 4.78 is 0. The molecule has 0 aromatic rings. The van der Waals surface area contributed by atoms with Gasteiger partial charge in [-0.2, -0.15) is 0 Å². The zero-order chi connectivity index (χ0) is 3.58. The third-order valence-corrected chi connectivity index (χ3v) is 0. The van der Waals surface area contributed by atoms with E-state index in [9.17, 15) is 0 Å². The van der Waals surface area contributed by atoms with Crippen molar-refractivity contribution in [3.05, 3.63) is 0 Å². The second kappa shape index (κ2) is 15.7. The van der Waals surface area contributed by atoms with Crippen LogP contribution in [0.5, 0.6) is 0 Å². The predicted octanol–water partition coefficient (Wildman–Crippen LogP) is -2.03. The van der Waals surface area contributed by atoms with E-state index in [0.717, 1.165) is 6.92 Å². The summed E-state index contributed by atoms with van der Waals surface area (Å²) in [5.41, 5.74) is 0. The van der Waals surface area contributed by atoms with Crippen molar-refractivity contribution in [2.75, 3.05) is 0 Å². The summed E-state index contributed by atoms with van der Waals surface area (Å²) in [6, 6.07) is 0. The molecule has 0 radical (unpaired) electrons. The van der Waals surface area contributed by atoms with Crippen molar-refractivity contribution in [2.45, 2.75) is 6.92 Å². The standard InChI is InChI=1S/C2H4O2.2Na.H2O.2H/c1-2(3)4;;;;;/h1H3,(H,3,4);;;1H2;;. The molecular formula is C2H8Na2O3. The molecule has 7 heavy (non-hydrogen) atoms. The van der Waals surface area contributed by atoms with Crippen molar-refractivity contribution in [1.82, 2.24) is 0 Å². The quantitative estimate of drug-likeness (QED) is 0.380. The second-order valence-corrected chi connectivity index (χ2v) is 0.519. The summed E-state index contributed by atoms with van der Waals surface area (Å²) in [4.78, 5) is 9.00. The van der Waals surface area contributed by atoms with Gasteiger partial charge in [-0.15, -0.1) is 0 Å². The molecule has 5 heteroatoms. The molecule has 0 spiro atoms. The first-order valence-corrected chi connectivity index (χ1v) is 0.928. The summed E-state index contributed by atoms with van der Waals surface area (Å²) >= 11 is 0. The molecule has 0 rings (SSSR count). The zero-order valence-electron chi connectivity index (χ0n) is 2.86. The van der Waals surface area contributed by atoms with Crippen LogP contribution in [0.4, 0.5) is 0 Å². The van der Waals surface area contributed by atoms with Crippen LogP contribution in [0.25, 0.3) is 0 Å². The van der Waals surface area contributed by atoms with Gasteiger partial charge in [-0.1, -0.05) is 0 Å². The number of carboxylic acid groups (broad SMARTS) is 1. The van der Waals surface area contributed by atoms with Crippen LogP contribution in [-0.4, -0.2) is 75.7 Å². The van der Waals surface area contributed by atoms with Gasteiger partial charge in [0.05, 0.1) is 0 Å². The van der Waals surface area contributed by atoms with Gasteiger partial charge in [0.15, 0.2) is 0 Å². The van der Waals surface area contributed by atoms with E-state index >= 15 is 0 Å². The van der Waals surface area contributed by atoms with E-state index in [1.54, 1.807) is 0 Å². The van der Waals surface area contributed by atoms with E-state index in [-0.39, 0.29) is 64.6 Å². The average molecular weight is 126 g/mol. The fraction of sp³-hybridized carbons (Fsp3) is 0.500. The molecule has 0 heterocycles. The molecule has 0 aliphatic rings. The maximum atomic E-state index is 9.00. The minimum absolute atomic E-state index is 0. The van der Waals surface area contributed by atoms with Crippen molar-refractivity contribution >= 4 is 65.1 Å². The van der Waals surface area contributed by atoms with Gasteiger partial charge in [0.25, 0.3) is 5.97 Å². The molecule has 0 fully saturated rings. The Hall–Kier alpha value is 1.43. The maximum absolute atomic E-state index is 9.00. The number of carboxylic acids is 1. The molecule has 3 N–H and O–H groups in total. The third kappa shape index (κ3) is 107. The van der Waals surface area contributed by atoms with E-state index in [2.05, 4.69) is 0 Å². The Kier molecular flexibility index (Phi) is 53.0. The average Bonchev–Trinajstić information content (AvgIpc) is 0.811. The molecule has 0 saturated carbocycles. The third-order valence-electron chi connectivity index (χ3n) is 0. The topological polar surface area (TPSA) is 68.8 Å². The van der Waals surface area contributed by atoms with Gasteiger partial charge in [-0.25, -0.2) is 0 Å². The van der Waals surface area contributed by atoms with Gasteiger partial charge >= 0.3 is 59.1 Å². The van der Waals surface area contributed by atoms with Gasteiger partial charge in [0, 0.05) is 6.92 Å². The Balaban J connectivity index is -0.0000000150. The molecule has 0 saturated heterocycles. The normalized spacial score (nSPS) is 3.57. The predicted molar refractivity (Wildman–Crippen MR) is 31.2 cm³/mol. The van der Waals surface area contributed by atoms with E-state index in [0.29, 0.717) is 0 Å². The van der Waals surface area contributed by atoms with Gasteiger partial charge in [0.1, 0.15) is 0 Å². The summed E-state index contributed by atoms with van der Waals surface area (Å²) in [6.45, 7) is 1.08. The molecule has 36 valence electrons. The number of hydrogen-bond acceptors (Lipinski definition) is 1. The van der Waals surface area contributed by atoms with Crippen LogP contribution in [-0.2, 0) is 4.79 Å². The molecule has 0 amide bonds. The first-order chi connectivity index (χ1) is 1.73. The monoisotopic (exact) mass is 126 g/mol. The molecule has 0 aromatic carbocycles. The van der Waals surface area contributed by atoms with Gasteiger partial charge in [-0.05, 0) is 0 Å². The Morgan fingerprint density at radius 1 is 1.43 bits per heavy atom. The summed E-state index contributed by atoms with van der Waals surface area (Å²) in [5.74, 6) is -0.833. The molecule has 3 nitrogen and oxygen atoms in total. The molecule has 0 aliphatic heterocycles. The number of hydrogen-bond donors (Lipinski definition) is 1. The van der Waals surface area contributed by atoms with Crippen LogP contribution in [0.3, 0.4) is 0 Å². The van der Waals surface area contributed by atoms with E-state index in [4.69, 9.17) is 9.90 Å². The molecule has 0 aromatic heterocycles. The van der Waals surface area contributed by atoms with Gasteiger partial charge in [-0.3, -0.25) is 4.79 Å². The van der Waals surface area contributed by atoms with E-state index in [1.807, 2.05) is 0 Å². The SMILES string of the molecule is CC(=O)O.O.[NaH].[NaH]. The van der Waals surface area contributed by atoms with Crippen LogP contribution >= 0.6 is 0 Å². The molecule has 0 aliphatic carbocycles. The summed E-state index contributed by atoms with van der Waals surface area (Å²) in [7, 11) is 0. The zero-order valence-corrected chi connectivity index (χ0v) is 2.86. The molecule has 0 unspecified atom stereocenters. The Labute approximate surface area is 86.4 Å². The first kappa shape index (κ1) is 23.7. The second-order valence-electron chi connectivity index (χ2n) is 0.519. The summed E-state index contributed by atoms with van der Waals surface area (Å²) in [6.07, 6.45) is 0. The van der Waals surface area contributed by atoms with Crippen LogP contribution in [0.15, 0.2) is 0 Å². The van der Waals surface area contributed by atoms with Crippen LogP contribution in [0.2, 0.25) is 0 Å². The number of rotatable bonds is 0. The first-order valence-electron chi connectivity index (χ1n) is 0.928. The fourth-order valence-electron chi connectivity index (χ4n) is 0. The Morgan fingerprint density at radius 3 is 1.43 bits per heavy atom. The molecule has 0 bridgehead atoms. The van der Waals surface area contributed by atoms with Crippen LogP contribution < -0.4 is 0 Å². The van der Waals surface area contributed by atoms with Crippen LogP contribution in [0.1, 0.15) is 6.92 Å². The van der Waals surface area contributed by atoms with Crippen molar-refractivity contribution in [2.24, 2.45) is 0 Å². The van der Waals surface area contributed by atoms with Crippen LogP contribution in [0, 0.1) is 0 Å². The number of aliphatic carboxylic acids is 1. The Morgan fingerprint density at radius 2 is 1.43 bits per heavy atom. The van der Waals surface area contributed by atoms with E-state index in [1.165, 1.54) is 0 Å².